The zero-order valence-corrected chi connectivity index (χ0v) is 9.99. The van der Waals surface area contributed by atoms with Crippen molar-refractivity contribution in [2.75, 3.05) is 5.73 Å². The third-order valence-corrected chi connectivity index (χ3v) is 2.74. The van der Waals surface area contributed by atoms with Crippen LogP contribution in [0, 0.1) is 13.8 Å². The molecule has 0 radical (unpaired) electrons. The molecule has 0 spiro atoms. The number of hydrogen-bond acceptors (Lipinski definition) is 2. The van der Waals surface area contributed by atoms with E-state index in [9.17, 15) is 0 Å². The molecule has 3 heteroatoms. The fourth-order valence-corrected chi connectivity index (χ4v) is 1.94. The van der Waals surface area contributed by atoms with Crippen molar-refractivity contribution < 1.29 is 0 Å². The Morgan fingerprint density at radius 3 is 2.62 bits per heavy atom. The van der Waals surface area contributed by atoms with E-state index >= 15 is 0 Å². The Morgan fingerprint density at radius 2 is 2.00 bits per heavy atom. The maximum Gasteiger partial charge on any atom is 0.146 e. The second-order valence-corrected chi connectivity index (χ2v) is 4.12. The van der Waals surface area contributed by atoms with Crippen LogP contribution in [0.4, 0.5) is 5.82 Å². The highest BCUT2D eigenvalue weighted by molar-refractivity contribution is 5.45. The summed E-state index contributed by atoms with van der Waals surface area (Å²) >= 11 is 0. The minimum absolute atomic E-state index is 0.580. The molecule has 1 heterocycles. The topological polar surface area (TPSA) is 43.8 Å². The van der Waals surface area contributed by atoms with Gasteiger partial charge in [0.15, 0.2) is 0 Å². The fraction of sp³-hybridized carbons (Fsp3) is 0.308. The summed E-state index contributed by atoms with van der Waals surface area (Å²) in [5.41, 5.74) is 10.5. The summed E-state index contributed by atoms with van der Waals surface area (Å²) in [5, 5.41) is 4.34. The molecule has 0 fully saturated rings. The molecule has 2 N–H and O–H groups in total. The predicted octanol–water partition coefficient (Wildman–Crippen LogP) is 2.63. The fourth-order valence-electron chi connectivity index (χ4n) is 1.94. The van der Waals surface area contributed by atoms with Crippen LogP contribution in [-0.2, 0) is 6.42 Å². The molecule has 1 aromatic heterocycles. The van der Waals surface area contributed by atoms with Gasteiger partial charge in [-0.3, -0.25) is 0 Å². The molecule has 0 aliphatic heterocycles. The van der Waals surface area contributed by atoms with E-state index in [0.717, 1.165) is 17.8 Å². The average molecular weight is 215 g/mol. The van der Waals surface area contributed by atoms with Gasteiger partial charge in [0.05, 0.1) is 5.69 Å². The summed E-state index contributed by atoms with van der Waals surface area (Å²) < 4.78 is 1.93. The van der Waals surface area contributed by atoms with Crippen molar-refractivity contribution in [2.24, 2.45) is 0 Å². The zero-order valence-electron chi connectivity index (χ0n) is 9.99. The maximum atomic E-state index is 5.74. The second-order valence-electron chi connectivity index (χ2n) is 4.12. The van der Waals surface area contributed by atoms with Crippen molar-refractivity contribution in [1.29, 1.82) is 0 Å². The molecule has 2 aromatic rings. The molecule has 16 heavy (non-hydrogen) atoms. The van der Waals surface area contributed by atoms with Crippen LogP contribution in [0.2, 0.25) is 0 Å². The lowest BCUT2D eigenvalue weighted by molar-refractivity contribution is 0.811. The molecule has 0 atom stereocenters. The van der Waals surface area contributed by atoms with Gasteiger partial charge in [-0.05, 0) is 31.9 Å². The number of benzene rings is 1. The molecule has 1 aromatic carbocycles. The normalized spacial score (nSPS) is 10.7. The molecule has 0 aliphatic rings. The number of anilines is 1. The van der Waals surface area contributed by atoms with Crippen LogP contribution in [0.1, 0.15) is 23.7 Å². The van der Waals surface area contributed by atoms with E-state index in [2.05, 4.69) is 44.1 Å². The number of nitrogens with zero attached hydrogens (tertiary/aromatic N) is 2. The third kappa shape index (κ3) is 1.81. The first-order valence-corrected chi connectivity index (χ1v) is 5.54. The molecule has 3 nitrogen and oxygen atoms in total. The van der Waals surface area contributed by atoms with E-state index in [0.29, 0.717) is 5.82 Å². The lowest BCUT2D eigenvalue weighted by Crippen LogP contribution is -2.03. The molecule has 0 unspecified atom stereocenters. The predicted molar refractivity (Wildman–Crippen MR) is 66.8 cm³/mol. The summed E-state index contributed by atoms with van der Waals surface area (Å²) in [6.07, 6.45) is 0.928. The maximum absolute atomic E-state index is 5.74. The van der Waals surface area contributed by atoms with Crippen LogP contribution in [0.5, 0.6) is 0 Å². The minimum Gasteiger partial charge on any atom is -0.382 e. The van der Waals surface area contributed by atoms with Gasteiger partial charge in [0, 0.05) is 11.8 Å². The van der Waals surface area contributed by atoms with Gasteiger partial charge in [0.1, 0.15) is 5.82 Å². The first-order chi connectivity index (χ1) is 7.61. The monoisotopic (exact) mass is 215 g/mol. The van der Waals surface area contributed by atoms with Crippen LogP contribution in [0.15, 0.2) is 24.3 Å². The number of aryl methyl sites for hydroxylation is 3. The summed E-state index contributed by atoms with van der Waals surface area (Å²) in [6, 6.07) is 8.28. The number of hydrogen-bond donors (Lipinski definition) is 1. The standard InChI is InChI=1S/C13H17N3/c1-4-11-8-13(14)15-16(11)12-6-5-9(2)7-10(12)3/h5-8H,4H2,1-3H3,(H2,14,15). The van der Waals surface area contributed by atoms with Crippen molar-refractivity contribution in [3.05, 3.63) is 41.1 Å². The largest absolute Gasteiger partial charge is 0.382 e. The van der Waals surface area contributed by atoms with Crippen molar-refractivity contribution in [3.63, 3.8) is 0 Å². The van der Waals surface area contributed by atoms with Crippen molar-refractivity contribution in [1.82, 2.24) is 9.78 Å². The molecule has 0 saturated carbocycles. The summed E-state index contributed by atoms with van der Waals surface area (Å²) in [6.45, 7) is 6.30. The van der Waals surface area contributed by atoms with Crippen LogP contribution in [0.3, 0.4) is 0 Å². The molecule has 84 valence electrons. The van der Waals surface area contributed by atoms with Gasteiger partial charge in [-0.2, -0.15) is 5.10 Å². The molecule has 2 rings (SSSR count). The summed E-state index contributed by atoms with van der Waals surface area (Å²) in [4.78, 5) is 0. The first kappa shape index (κ1) is 10.7. The smallest absolute Gasteiger partial charge is 0.146 e. The van der Waals surface area contributed by atoms with Gasteiger partial charge in [-0.1, -0.05) is 24.6 Å². The molecule has 0 saturated heterocycles. The van der Waals surface area contributed by atoms with Crippen LogP contribution in [-0.4, -0.2) is 9.78 Å². The van der Waals surface area contributed by atoms with E-state index in [-0.39, 0.29) is 0 Å². The lowest BCUT2D eigenvalue weighted by Gasteiger charge is -2.09. The lowest BCUT2D eigenvalue weighted by atomic mass is 10.1. The quantitative estimate of drug-likeness (QED) is 0.837. The van der Waals surface area contributed by atoms with Crippen LogP contribution < -0.4 is 5.73 Å². The molecular weight excluding hydrogens is 198 g/mol. The SMILES string of the molecule is CCc1cc(N)nn1-c1ccc(C)cc1C. The minimum atomic E-state index is 0.580. The second kappa shape index (κ2) is 4.00. The number of nitrogen functional groups attached to an aromatic ring is 1. The van der Waals surface area contributed by atoms with E-state index in [1.807, 2.05) is 10.7 Å². The van der Waals surface area contributed by atoms with E-state index in [1.54, 1.807) is 0 Å². The Hall–Kier alpha value is -1.77. The average Bonchev–Trinajstić information content (AvgIpc) is 2.59. The van der Waals surface area contributed by atoms with Crippen molar-refractivity contribution >= 4 is 5.82 Å². The third-order valence-electron chi connectivity index (χ3n) is 2.74. The summed E-state index contributed by atoms with van der Waals surface area (Å²) in [7, 11) is 0. The highest BCUT2D eigenvalue weighted by atomic mass is 15.3. The number of rotatable bonds is 2. The van der Waals surface area contributed by atoms with Gasteiger partial charge in [-0.15, -0.1) is 0 Å². The van der Waals surface area contributed by atoms with Crippen molar-refractivity contribution in [3.8, 4) is 5.69 Å². The zero-order chi connectivity index (χ0) is 11.7. The van der Waals surface area contributed by atoms with Gasteiger partial charge in [-0.25, -0.2) is 4.68 Å². The molecule has 0 aliphatic carbocycles. The first-order valence-electron chi connectivity index (χ1n) is 5.54. The molecule has 0 amide bonds. The Kier molecular flexibility index (Phi) is 2.69. The van der Waals surface area contributed by atoms with Crippen LogP contribution in [0.25, 0.3) is 5.69 Å². The number of aromatic nitrogens is 2. The van der Waals surface area contributed by atoms with E-state index in [4.69, 9.17) is 5.73 Å². The molecular formula is C13H17N3. The highest BCUT2D eigenvalue weighted by Gasteiger charge is 2.08. The van der Waals surface area contributed by atoms with Crippen LogP contribution >= 0.6 is 0 Å². The number of nitrogens with two attached hydrogens (primary N) is 1. The van der Waals surface area contributed by atoms with E-state index in [1.165, 1.54) is 11.1 Å². The summed E-state index contributed by atoms with van der Waals surface area (Å²) in [5.74, 6) is 0.580. The van der Waals surface area contributed by atoms with Crippen molar-refractivity contribution in [2.45, 2.75) is 27.2 Å². The molecule has 0 bridgehead atoms. The Labute approximate surface area is 95.9 Å². The van der Waals surface area contributed by atoms with Gasteiger partial charge in [0.25, 0.3) is 0 Å². The Balaban J connectivity index is 2.57. The van der Waals surface area contributed by atoms with E-state index < -0.39 is 0 Å². The van der Waals surface area contributed by atoms with Gasteiger partial charge >= 0.3 is 0 Å². The Bertz CT molecular complexity index is 512. The Morgan fingerprint density at radius 1 is 1.25 bits per heavy atom. The van der Waals surface area contributed by atoms with Gasteiger partial charge in [0.2, 0.25) is 0 Å². The van der Waals surface area contributed by atoms with Gasteiger partial charge < -0.3 is 5.73 Å². The highest BCUT2D eigenvalue weighted by Crippen LogP contribution is 2.19.